The van der Waals surface area contributed by atoms with Gasteiger partial charge in [0.1, 0.15) is 0 Å². The molecule has 1 rings (SSSR count). The van der Waals surface area contributed by atoms with E-state index in [-0.39, 0.29) is 18.4 Å². The molecule has 0 aromatic carbocycles. The minimum atomic E-state index is -0.340. The lowest BCUT2D eigenvalue weighted by atomic mass is 10.4. The summed E-state index contributed by atoms with van der Waals surface area (Å²) in [6.07, 6.45) is 1.14. The third kappa shape index (κ3) is 6.03. The maximum absolute atomic E-state index is 11.3. The molecule has 96 valence electrons. The number of carbonyl (C=O) groups excluding carboxylic acids is 2. The van der Waals surface area contributed by atoms with Crippen LogP contribution in [0.5, 0.6) is 0 Å². The van der Waals surface area contributed by atoms with Gasteiger partial charge < -0.3 is 15.4 Å². The van der Waals surface area contributed by atoms with Crippen LogP contribution in [0, 0.1) is 0 Å². The van der Waals surface area contributed by atoms with Crippen LogP contribution in [0.1, 0.15) is 0 Å². The highest BCUT2D eigenvalue weighted by molar-refractivity contribution is 5.90. The van der Waals surface area contributed by atoms with Gasteiger partial charge in [0, 0.05) is 26.2 Å². The van der Waals surface area contributed by atoms with E-state index in [1.165, 1.54) is 0 Å². The standard InChI is InChI=1S/C11H19N3O3/c1-2-10(15)13-9-11(16)12-3-4-14-5-7-17-8-6-14/h2H,1,3-9H2,(H,12,16)(H,13,15). The van der Waals surface area contributed by atoms with Gasteiger partial charge in [-0.2, -0.15) is 0 Å². The van der Waals surface area contributed by atoms with E-state index in [9.17, 15) is 9.59 Å². The minimum absolute atomic E-state index is 0.00599. The molecule has 0 spiro atoms. The zero-order valence-corrected chi connectivity index (χ0v) is 9.91. The van der Waals surface area contributed by atoms with Crippen LogP contribution in [0.15, 0.2) is 12.7 Å². The van der Waals surface area contributed by atoms with Crippen molar-refractivity contribution in [3.8, 4) is 0 Å². The Kier molecular flexibility index (Phi) is 6.27. The van der Waals surface area contributed by atoms with Gasteiger partial charge in [0.2, 0.25) is 11.8 Å². The lowest BCUT2D eigenvalue weighted by Crippen LogP contribution is -2.43. The van der Waals surface area contributed by atoms with Crippen molar-refractivity contribution in [2.75, 3.05) is 45.9 Å². The summed E-state index contributed by atoms with van der Waals surface area (Å²) in [6.45, 7) is 8.01. The van der Waals surface area contributed by atoms with E-state index in [4.69, 9.17) is 4.74 Å². The fourth-order valence-electron chi connectivity index (χ4n) is 1.48. The van der Waals surface area contributed by atoms with Gasteiger partial charge in [-0.3, -0.25) is 14.5 Å². The Morgan fingerprint density at radius 3 is 2.65 bits per heavy atom. The maximum Gasteiger partial charge on any atom is 0.243 e. The molecule has 1 fully saturated rings. The molecule has 6 nitrogen and oxygen atoms in total. The first kappa shape index (κ1) is 13.7. The van der Waals surface area contributed by atoms with Crippen LogP contribution in [-0.2, 0) is 14.3 Å². The van der Waals surface area contributed by atoms with Crippen molar-refractivity contribution in [3.05, 3.63) is 12.7 Å². The average Bonchev–Trinajstić information content (AvgIpc) is 2.37. The molecule has 0 aromatic heterocycles. The lowest BCUT2D eigenvalue weighted by Gasteiger charge is -2.26. The SMILES string of the molecule is C=CC(=O)NCC(=O)NCCN1CCOCC1. The van der Waals surface area contributed by atoms with E-state index >= 15 is 0 Å². The third-order valence-corrected chi connectivity index (χ3v) is 2.46. The predicted octanol–water partition coefficient (Wildman–Crippen LogP) is -1.26. The van der Waals surface area contributed by atoms with E-state index in [1.807, 2.05) is 0 Å². The topological polar surface area (TPSA) is 70.7 Å². The van der Waals surface area contributed by atoms with Crippen LogP contribution in [0.4, 0.5) is 0 Å². The molecular formula is C11H19N3O3. The Labute approximate surface area is 101 Å². The monoisotopic (exact) mass is 241 g/mol. The molecule has 1 heterocycles. The van der Waals surface area contributed by atoms with Gasteiger partial charge in [0.15, 0.2) is 0 Å². The molecule has 0 unspecified atom stereocenters. The normalized spacial score (nSPS) is 16.2. The van der Waals surface area contributed by atoms with Crippen molar-refractivity contribution in [2.24, 2.45) is 0 Å². The van der Waals surface area contributed by atoms with Gasteiger partial charge >= 0.3 is 0 Å². The lowest BCUT2D eigenvalue weighted by molar-refractivity contribution is -0.124. The first-order chi connectivity index (χ1) is 8.22. The molecule has 2 N–H and O–H groups in total. The molecule has 0 bridgehead atoms. The second-order valence-electron chi connectivity index (χ2n) is 3.73. The summed E-state index contributed by atoms with van der Waals surface area (Å²) in [6, 6.07) is 0. The fourth-order valence-corrected chi connectivity index (χ4v) is 1.48. The van der Waals surface area contributed by atoms with Crippen molar-refractivity contribution in [2.45, 2.75) is 0 Å². The van der Waals surface area contributed by atoms with Gasteiger partial charge in [-0.05, 0) is 6.08 Å². The molecule has 6 heteroatoms. The maximum atomic E-state index is 11.3. The highest BCUT2D eigenvalue weighted by atomic mass is 16.5. The van der Waals surface area contributed by atoms with Crippen molar-refractivity contribution >= 4 is 11.8 Å². The van der Waals surface area contributed by atoms with Gasteiger partial charge in [0.25, 0.3) is 0 Å². The Balaban J connectivity index is 2.03. The first-order valence-electron chi connectivity index (χ1n) is 5.69. The van der Waals surface area contributed by atoms with Crippen molar-refractivity contribution in [1.29, 1.82) is 0 Å². The van der Waals surface area contributed by atoms with Crippen LogP contribution in [-0.4, -0.2) is 62.7 Å². The molecule has 0 saturated carbocycles. The first-order valence-corrected chi connectivity index (χ1v) is 5.69. The summed E-state index contributed by atoms with van der Waals surface area (Å²) in [7, 11) is 0. The quantitative estimate of drug-likeness (QED) is 0.569. The molecular weight excluding hydrogens is 222 g/mol. The molecule has 0 atom stereocenters. The van der Waals surface area contributed by atoms with Crippen molar-refractivity contribution < 1.29 is 14.3 Å². The van der Waals surface area contributed by atoms with Gasteiger partial charge in [-0.1, -0.05) is 6.58 Å². The van der Waals surface area contributed by atoms with Crippen LogP contribution < -0.4 is 10.6 Å². The number of ether oxygens (including phenoxy) is 1. The highest BCUT2D eigenvalue weighted by Gasteiger charge is 2.10. The Morgan fingerprint density at radius 1 is 1.29 bits per heavy atom. The second kappa shape index (κ2) is 7.81. The predicted molar refractivity (Wildman–Crippen MR) is 63.5 cm³/mol. The summed E-state index contributed by atoms with van der Waals surface area (Å²) in [5.41, 5.74) is 0. The average molecular weight is 241 g/mol. The number of rotatable bonds is 6. The Bertz CT molecular complexity index is 275. The molecule has 0 aliphatic carbocycles. The fraction of sp³-hybridized carbons (Fsp3) is 0.636. The van der Waals surface area contributed by atoms with Gasteiger partial charge in [0.05, 0.1) is 19.8 Å². The van der Waals surface area contributed by atoms with Crippen molar-refractivity contribution in [1.82, 2.24) is 15.5 Å². The molecule has 1 aliphatic heterocycles. The van der Waals surface area contributed by atoms with Crippen LogP contribution >= 0.6 is 0 Å². The molecule has 2 amide bonds. The highest BCUT2D eigenvalue weighted by Crippen LogP contribution is 1.94. The largest absolute Gasteiger partial charge is 0.379 e. The number of amides is 2. The van der Waals surface area contributed by atoms with E-state index in [0.29, 0.717) is 6.54 Å². The summed E-state index contributed by atoms with van der Waals surface area (Å²) in [4.78, 5) is 24.3. The molecule has 1 aliphatic rings. The summed E-state index contributed by atoms with van der Waals surface area (Å²) < 4.78 is 5.22. The number of hydrogen-bond donors (Lipinski definition) is 2. The number of morpholine rings is 1. The third-order valence-electron chi connectivity index (χ3n) is 2.46. The van der Waals surface area contributed by atoms with Crippen molar-refractivity contribution in [3.63, 3.8) is 0 Å². The second-order valence-corrected chi connectivity index (χ2v) is 3.73. The smallest absolute Gasteiger partial charge is 0.243 e. The molecule has 0 aromatic rings. The number of nitrogens with zero attached hydrogens (tertiary/aromatic N) is 1. The summed E-state index contributed by atoms with van der Waals surface area (Å²) in [5.74, 6) is -0.526. The number of hydrogen-bond acceptors (Lipinski definition) is 4. The Morgan fingerprint density at radius 2 is 2.00 bits per heavy atom. The van der Waals surface area contributed by atoms with E-state index in [0.717, 1.165) is 38.9 Å². The van der Waals surface area contributed by atoms with E-state index < -0.39 is 0 Å². The molecule has 17 heavy (non-hydrogen) atoms. The Hall–Kier alpha value is -1.40. The van der Waals surface area contributed by atoms with Crippen LogP contribution in [0.2, 0.25) is 0 Å². The molecule has 1 saturated heterocycles. The van der Waals surface area contributed by atoms with E-state index in [2.05, 4.69) is 22.1 Å². The van der Waals surface area contributed by atoms with Crippen LogP contribution in [0.25, 0.3) is 0 Å². The van der Waals surface area contributed by atoms with E-state index in [1.54, 1.807) is 0 Å². The summed E-state index contributed by atoms with van der Waals surface area (Å²) in [5, 5.41) is 5.16. The number of carbonyl (C=O) groups is 2. The summed E-state index contributed by atoms with van der Waals surface area (Å²) >= 11 is 0. The molecule has 0 radical (unpaired) electrons. The van der Waals surface area contributed by atoms with Gasteiger partial charge in [-0.25, -0.2) is 0 Å². The van der Waals surface area contributed by atoms with Gasteiger partial charge in [-0.15, -0.1) is 0 Å². The zero-order valence-electron chi connectivity index (χ0n) is 9.91. The van der Waals surface area contributed by atoms with Crippen LogP contribution in [0.3, 0.4) is 0 Å². The zero-order chi connectivity index (χ0) is 12.5. The number of nitrogens with one attached hydrogen (secondary N) is 2. The minimum Gasteiger partial charge on any atom is -0.379 e.